The number of hydrogen-bond donors (Lipinski definition) is 2. The van der Waals surface area contributed by atoms with Crippen molar-refractivity contribution in [1.82, 2.24) is 4.98 Å². The lowest BCUT2D eigenvalue weighted by Crippen LogP contribution is -2.01. The summed E-state index contributed by atoms with van der Waals surface area (Å²) in [4.78, 5) is 27.2. The van der Waals surface area contributed by atoms with Gasteiger partial charge in [-0.3, -0.25) is 4.79 Å². The Kier molecular flexibility index (Phi) is 3.99. The zero-order valence-corrected chi connectivity index (χ0v) is 11.8. The van der Waals surface area contributed by atoms with Crippen LogP contribution < -0.4 is 11.1 Å². The largest absolute Gasteiger partial charge is 0.465 e. The number of aromatic nitrogens is 1. The van der Waals surface area contributed by atoms with Crippen LogP contribution in [0.2, 0.25) is 0 Å². The Balaban J connectivity index is 2.24. The van der Waals surface area contributed by atoms with Gasteiger partial charge in [-0.2, -0.15) is 0 Å². The minimum Gasteiger partial charge on any atom is -0.465 e. The molecule has 0 saturated carbocycles. The summed E-state index contributed by atoms with van der Waals surface area (Å²) in [7, 11) is 1.32. The minimum atomic E-state index is -0.420. The third-order valence-electron chi connectivity index (χ3n) is 2.51. The molecule has 7 heteroatoms. The number of methoxy groups -OCH3 is 1. The number of esters is 1. The summed E-state index contributed by atoms with van der Waals surface area (Å²) >= 11 is 1.17. The van der Waals surface area contributed by atoms with Gasteiger partial charge in [0, 0.05) is 12.6 Å². The fourth-order valence-corrected chi connectivity index (χ4v) is 2.40. The summed E-state index contributed by atoms with van der Waals surface area (Å²) in [5.41, 5.74) is 6.75. The molecule has 1 aromatic carbocycles. The number of Topliss-reactive ketones (excluding diaryl/α,β-unsaturated/α-hetero) is 1. The van der Waals surface area contributed by atoms with Gasteiger partial charge in [-0.1, -0.05) is 17.4 Å². The second-order valence-corrected chi connectivity index (χ2v) is 4.99. The third-order valence-corrected chi connectivity index (χ3v) is 3.60. The van der Waals surface area contributed by atoms with Gasteiger partial charge in [0.2, 0.25) is 0 Å². The lowest BCUT2D eigenvalue weighted by atomic mass is 10.2. The molecule has 0 aliphatic heterocycles. The Morgan fingerprint density at radius 2 is 2.15 bits per heavy atom. The van der Waals surface area contributed by atoms with Crippen molar-refractivity contribution >= 4 is 39.7 Å². The van der Waals surface area contributed by atoms with Crippen LogP contribution in [0.25, 0.3) is 0 Å². The van der Waals surface area contributed by atoms with E-state index in [-0.39, 0.29) is 11.6 Å². The van der Waals surface area contributed by atoms with Crippen molar-refractivity contribution in [1.29, 1.82) is 0 Å². The van der Waals surface area contributed by atoms with Crippen LogP contribution in [-0.4, -0.2) is 23.8 Å². The van der Waals surface area contributed by atoms with E-state index in [1.165, 1.54) is 25.4 Å². The lowest BCUT2D eigenvalue weighted by Gasteiger charge is -2.04. The van der Waals surface area contributed by atoms with Crippen LogP contribution in [0.3, 0.4) is 0 Å². The van der Waals surface area contributed by atoms with Gasteiger partial charge in [-0.25, -0.2) is 9.78 Å². The molecule has 2 aromatic rings. The Bertz CT molecular complexity index is 667. The van der Waals surface area contributed by atoms with E-state index in [1.807, 2.05) is 0 Å². The molecule has 20 heavy (non-hydrogen) atoms. The van der Waals surface area contributed by atoms with E-state index >= 15 is 0 Å². The highest BCUT2D eigenvalue weighted by Crippen LogP contribution is 2.28. The van der Waals surface area contributed by atoms with Crippen LogP contribution in [0.5, 0.6) is 0 Å². The van der Waals surface area contributed by atoms with E-state index in [0.29, 0.717) is 21.3 Å². The average Bonchev–Trinajstić information content (AvgIpc) is 2.79. The van der Waals surface area contributed by atoms with Gasteiger partial charge >= 0.3 is 5.97 Å². The zero-order valence-electron chi connectivity index (χ0n) is 11.0. The zero-order chi connectivity index (χ0) is 14.7. The fourth-order valence-electron chi connectivity index (χ4n) is 1.60. The molecule has 0 fully saturated rings. The van der Waals surface area contributed by atoms with Gasteiger partial charge in [0.15, 0.2) is 10.9 Å². The Hall–Kier alpha value is -2.41. The summed E-state index contributed by atoms with van der Waals surface area (Å²) in [6.07, 6.45) is 0. The lowest BCUT2D eigenvalue weighted by molar-refractivity contribution is 0.0600. The first kappa shape index (κ1) is 14.0. The molecule has 0 spiro atoms. The number of nitrogens with two attached hydrogens (primary N) is 1. The summed E-state index contributed by atoms with van der Waals surface area (Å²) in [5, 5.41) is 3.50. The van der Waals surface area contributed by atoms with Gasteiger partial charge in [-0.15, -0.1) is 0 Å². The molecule has 0 bridgehead atoms. The van der Waals surface area contributed by atoms with Crippen LogP contribution in [0.1, 0.15) is 27.0 Å². The first-order valence-corrected chi connectivity index (χ1v) is 6.55. The molecule has 1 aromatic heterocycles. The maximum atomic E-state index is 11.4. The van der Waals surface area contributed by atoms with Crippen molar-refractivity contribution in [3.63, 3.8) is 0 Å². The van der Waals surface area contributed by atoms with E-state index in [9.17, 15) is 9.59 Å². The smallest absolute Gasteiger partial charge is 0.337 e. The van der Waals surface area contributed by atoms with Crippen LogP contribution in [0.15, 0.2) is 24.3 Å². The molecule has 2 rings (SSSR count). The standard InChI is InChI=1S/C13H13N3O3S/c1-7(17)10-11(14)16-13(20-10)15-9-5-3-4-8(6-9)12(18)19-2/h3-6H,14H2,1-2H3,(H,15,16). The summed E-state index contributed by atoms with van der Waals surface area (Å²) < 4.78 is 4.65. The van der Waals surface area contributed by atoms with Gasteiger partial charge < -0.3 is 15.8 Å². The van der Waals surface area contributed by atoms with Crippen molar-refractivity contribution in [3.05, 3.63) is 34.7 Å². The number of anilines is 3. The molecule has 6 nitrogen and oxygen atoms in total. The molecule has 0 amide bonds. The first-order valence-electron chi connectivity index (χ1n) is 5.74. The molecule has 1 heterocycles. The molecule has 104 valence electrons. The normalized spacial score (nSPS) is 10.1. The first-order chi connectivity index (χ1) is 9.51. The quantitative estimate of drug-likeness (QED) is 0.663. The number of rotatable bonds is 4. The minimum absolute atomic E-state index is 0.128. The van der Waals surface area contributed by atoms with Gasteiger partial charge in [0.05, 0.1) is 12.7 Å². The predicted molar refractivity (Wildman–Crippen MR) is 77.6 cm³/mol. The van der Waals surface area contributed by atoms with Crippen molar-refractivity contribution in [2.45, 2.75) is 6.92 Å². The molecule has 0 aliphatic rings. The fraction of sp³-hybridized carbons (Fsp3) is 0.154. The Morgan fingerprint density at radius 1 is 1.40 bits per heavy atom. The van der Waals surface area contributed by atoms with Gasteiger partial charge in [-0.05, 0) is 18.2 Å². The van der Waals surface area contributed by atoms with Crippen LogP contribution in [0, 0.1) is 0 Å². The maximum Gasteiger partial charge on any atom is 0.337 e. The number of nitrogens with one attached hydrogen (secondary N) is 1. The molecule has 0 radical (unpaired) electrons. The summed E-state index contributed by atoms with van der Waals surface area (Å²) in [6, 6.07) is 6.78. The SMILES string of the molecule is COC(=O)c1cccc(Nc2nc(N)c(C(C)=O)s2)c1. The number of ether oxygens (including phenoxy) is 1. The predicted octanol–water partition coefficient (Wildman–Crippen LogP) is 2.46. The van der Waals surface area contributed by atoms with Crippen molar-refractivity contribution in [3.8, 4) is 0 Å². The number of thiazole rings is 1. The van der Waals surface area contributed by atoms with E-state index in [1.54, 1.807) is 24.3 Å². The monoisotopic (exact) mass is 291 g/mol. The topological polar surface area (TPSA) is 94.3 Å². The molecule has 0 aliphatic carbocycles. The Labute approximate surface area is 119 Å². The number of benzene rings is 1. The number of hydrogen-bond acceptors (Lipinski definition) is 7. The van der Waals surface area contributed by atoms with Gasteiger partial charge in [0.25, 0.3) is 0 Å². The van der Waals surface area contributed by atoms with Crippen molar-refractivity contribution in [2.24, 2.45) is 0 Å². The molecular weight excluding hydrogens is 278 g/mol. The number of ketones is 1. The molecule has 3 N–H and O–H groups in total. The van der Waals surface area contributed by atoms with Crippen LogP contribution in [0.4, 0.5) is 16.6 Å². The van der Waals surface area contributed by atoms with Crippen LogP contribution in [-0.2, 0) is 4.74 Å². The maximum absolute atomic E-state index is 11.4. The molecular formula is C13H13N3O3S. The highest BCUT2D eigenvalue weighted by molar-refractivity contribution is 7.18. The average molecular weight is 291 g/mol. The highest BCUT2D eigenvalue weighted by Gasteiger charge is 2.13. The van der Waals surface area contributed by atoms with Gasteiger partial charge in [0.1, 0.15) is 10.7 Å². The van der Waals surface area contributed by atoms with Crippen LogP contribution >= 0.6 is 11.3 Å². The second kappa shape index (κ2) is 5.70. The number of nitrogens with zero attached hydrogens (tertiary/aromatic N) is 1. The summed E-state index contributed by atoms with van der Waals surface area (Å²) in [5.74, 6) is -0.345. The number of carbonyl (C=O) groups is 2. The summed E-state index contributed by atoms with van der Waals surface area (Å²) in [6.45, 7) is 1.44. The van der Waals surface area contributed by atoms with E-state index < -0.39 is 5.97 Å². The van der Waals surface area contributed by atoms with Crippen molar-refractivity contribution < 1.29 is 14.3 Å². The Morgan fingerprint density at radius 3 is 2.75 bits per heavy atom. The number of nitrogen functional groups attached to an aromatic ring is 1. The van der Waals surface area contributed by atoms with E-state index in [0.717, 1.165) is 0 Å². The van der Waals surface area contributed by atoms with E-state index in [4.69, 9.17) is 5.73 Å². The van der Waals surface area contributed by atoms with E-state index in [2.05, 4.69) is 15.0 Å². The molecule has 0 saturated heterocycles. The number of carbonyl (C=O) groups excluding carboxylic acids is 2. The van der Waals surface area contributed by atoms with Crippen molar-refractivity contribution in [2.75, 3.05) is 18.2 Å². The highest BCUT2D eigenvalue weighted by atomic mass is 32.1. The second-order valence-electron chi connectivity index (χ2n) is 3.99. The molecule has 0 atom stereocenters. The third kappa shape index (κ3) is 2.94. The molecule has 0 unspecified atom stereocenters.